The maximum Gasteiger partial charge on any atom is 0.281 e. The van der Waals surface area contributed by atoms with Gasteiger partial charge < -0.3 is 11.5 Å². The van der Waals surface area contributed by atoms with Gasteiger partial charge in [0.05, 0.1) is 9.13 Å². The number of hydrogen-bond acceptors (Lipinski definition) is 3. The predicted molar refractivity (Wildman–Crippen MR) is 54.8 cm³/mol. The van der Waals surface area contributed by atoms with Crippen LogP contribution in [0.15, 0.2) is 6.07 Å². The van der Waals surface area contributed by atoms with E-state index >= 15 is 0 Å². The molecule has 4 nitrogen and oxygen atoms in total. The molecule has 0 aliphatic heterocycles. The maximum atomic E-state index is 12.4. The highest BCUT2D eigenvalue weighted by Gasteiger charge is 2.20. The largest absolute Gasteiger partial charge is 0.383 e. The van der Waals surface area contributed by atoms with E-state index in [1.165, 1.54) is 6.07 Å². The predicted octanol–water partition coefficient (Wildman–Crippen LogP) is 1.30. The Hall–Kier alpha value is -0.990. The molecule has 0 unspecified atom stereocenters. The van der Waals surface area contributed by atoms with Crippen LogP contribution >= 0.6 is 22.6 Å². The van der Waals surface area contributed by atoms with E-state index in [0.29, 0.717) is 3.57 Å². The van der Waals surface area contributed by atoms with Crippen LogP contribution in [0.4, 0.5) is 14.6 Å². The van der Waals surface area contributed by atoms with Gasteiger partial charge in [-0.2, -0.15) is 0 Å². The molecule has 4 N–H and O–H groups in total. The van der Waals surface area contributed by atoms with E-state index in [0.717, 1.165) is 0 Å². The SMILES string of the molecule is NC(=O)c1cc(I)c(N)nc1C(F)F. The fraction of sp³-hybridized carbons (Fsp3) is 0.143. The summed E-state index contributed by atoms with van der Waals surface area (Å²) in [5.74, 6) is -0.975. The first-order valence-corrected chi connectivity index (χ1v) is 4.55. The van der Waals surface area contributed by atoms with Crippen LogP contribution in [0.3, 0.4) is 0 Å². The molecule has 76 valence electrons. The lowest BCUT2D eigenvalue weighted by Crippen LogP contribution is -2.16. The number of rotatable bonds is 2. The molecular weight excluding hydrogens is 307 g/mol. The summed E-state index contributed by atoms with van der Waals surface area (Å²) in [5.41, 5.74) is 9.27. The van der Waals surface area contributed by atoms with E-state index in [2.05, 4.69) is 4.98 Å². The fourth-order valence-electron chi connectivity index (χ4n) is 0.882. The molecular formula is C7H6F2IN3O. The molecule has 0 aromatic carbocycles. The number of alkyl halides is 2. The van der Waals surface area contributed by atoms with E-state index in [1.807, 2.05) is 0 Å². The third-order valence-electron chi connectivity index (χ3n) is 1.50. The number of anilines is 1. The van der Waals surface area contributed by atoms with Gasteiger partial charge in [0.1, 0.15) is 11.5 Å². The second-order valence-electron chi connectivity index (χ2n) is 2.45. The lowest BCUT2D eigenvalue weighted by Gasteiger charge is -2.07. The molecule has 0 radical (unpaired) electrons. The molecule has 0 atom stereocenters. The molecule has 0 saturated heterocycles. The van der Waals surface area contributed by atoms with E-state index < -0.39 is 18.0 Å². The number of amides is 1. The van der Waals surface area contributed by atoms with Crippen molar-refractivity contribution in [1.29, 1.82) is 0 Å². The topological polar surface area (TPSA) is 82.0 Å². The third-order valence-corrected chi connectivity index (χ3v) is 2.37. The standard InChI is InChI=1S/C7H6F2IN3O/c8-5(9)4-2(7(12)14)1-3(10)6(11)13-4/h1,5H,(H2,11,13)(H2,12,14). The second-order valence-corrected chi connectivity index (χ2v) is 3.62. The summed E-state index contributed by atoms with van der Waals surface area (Å²) < 4.78 is 25.2. The first kappa shape index (κ1) is 11.1. The Labute approximate surface area is 91.8 Å². The molecule has 0 fully saturated rings. The number of halogens is 3. The molecule has 0 spiro atoms. The van der Waals surface area contributed by atoms with Gasteiger partial charge in [0, 0.05) is 0 Å². The Morgan fingerprint density at radius 2 is 2.14 bits per heavy atom. The Balaban J connectivity index is 3.39. The summed E-state index contributed by atoms with van der Waals surface area (Å²) in [4.78, 5) is 14.2. The van der Waals surface area contributed by atoms with E-state index in [9.17, 15) is 13.6 Å². The van der Waals surface area contributed by atoms with Gasteiger partial charge in [-0.15, -0.1) is 0 Å². The van der Waals surface area contributed by atoms with Crippen molar-refractivity contribution >= 4 is 34.3 Å². The van der Waals surface area contributed by atoms with Crippen molar-refractivity contribution in [2.75, 3.05) is 5.73 Å². The Bertz CT molecular complexity index is 383. The molecule has 0 aliphatic carbocycles. The number of nitrogen functional groups attached to an aromatic ring is 1. The van der Waals surface area contributed by atoms with Gasteiger partial charge in [-0.1, -0.05) is 0 Å². The van der Waals surface area contributed by atoms with Crippen LogP contribution in [0, 0.1) is 3.57 Å². The van der Waals surface area contributed by atoms with Crippen LogP contribution in [0.25, 0.3) is 0 Å². The summed E-state index contributed by atoms with van der Waals surface area (Å²) in [6.07, 6.45) is -2.86. The number of aromatic nitrogens is 1. The average Bonchev–Trinajstić information content (AvgIpc) is 2.08. The lowest BCUT2D eigenvalue weighted by atomic mass is 10.2. The van der Waals surface area contributed by atoms with Gasteiger partial charge in [0.25, 0.3) is 12.3 Å². The van der Waals surface area contributed by atoms with Crippen molar-refractivity contribution in [3.8, 4) is 0 Å². The molecule has 1 rings (SSSR count). The Kier molecular flexibility index (Phi) is 3.19. The van der Waals surface area contributed by atoms with Gasteiger partial charge >= 0.3 is 0 Å². The number of nitrogens with zero attached hydrogens (tertiary/aromatic N) is 1. The summed E-state index contributed by atoms with van der Waals surface area (Å²) in [6, 6.07) is 1.20. The molecule has 0 bridgehead atoms. The molecule has 0 saturated carbocycles. The van der Waals surface area contributed by atoms with E-state index in [1.54, 1.807) is 22.6 Å². The van der Waals surface area contributed by atoms with E-state index in [4.69, 9.17) is 11.5 Å². The normalized spacial score (nSPS) is 10.6. The molecule has 1 aromatic rings. The molecule has 1 amide bonds. The number of pyridine rings is 1. The summed E-state index contributed by atoms with van der Waals surface area (Å²) >= 11 is 1.78. The summed E-state index contributed by atoms with van der Waals surface area (Å²) in [5, 5.41) is 0. The van der Waals surface area contributed by atoms with Gasteiger partial charge in [-0.3, -0.25) is 4.79 Å². The van der Waals surface area contributed by atoms with Crippen molar-refractivity contribution in [2.24, 2.45) is 5.73 Å². The molecule has 1 heterocycles. The van der Waals surface area contributed by atoms with Crippen LogP contribution in [-0.2, 0) is 0 Å². The smallest absolute Gasteiger partial charge is 0.281 e. The van der Waals surface area contributed by atoms with Crippen molar-refractivity contribution in [3.05, 3.63) is 20.9 Å². The number of hydrogen-bond donors (Lipinski definition) is 2. The minimum atomic E-state index is -2.86. The molecule has 1 aromatic heterocycles. The van der Waals surface area contributed by atoms with E-state index in [-0.39, 0.29) is 11.4 Å². The summed E-state index contributed by atoms with van der Waals surface area (Å²) in [7, 11) is 0. The first-order chi connectivity index (χ1) is 6.43. The minimum Gasteiger partial charge on any atom is -0.383 e. The van der Waals surface area contributed by atoms with Crippen molar-refractivity contribution in [1.82, 2.24) is 4.98 Å². The molecule has 7 heteroatoms. The van der Waals surface area contributed by atoms with Crippen LogP contribution in [0.1, 0.15) is 22.5 Å². The number of carbonyl (C=O) groups is 1. The lowest BCUT2D eigenvalue weighted by molar-refractivity contribution is 0.0983. The number of primary amides is 1. The zero-order chi connectivity index (χ0) is 10.9. The molecule has 14 heavy (non-hydrogen) atoms. The van der Waals surface area contributed by atoms with Crippen molar-refractivity contribution in [3.63, 3.8) is 0 Å². The van der Waals surface area contributed by atoms with Crippen LogP contribution in [-0.4, -0.2) is 10.9 Å². The maximum absolute atomic E-state index is 12.4. The minimum absolute atomic E-state index is 0.0362. The summed E-state index contributed by atoms with van der Waals surface area (Å²) in [6.45, 7) is 0. The Morgan fingerprint density at radius 1 is 1.57 bits per heavy atom. The average molecular weight is 313 g/mol. The zero-order valence-corrected chi connectivity index (χ0v) is 8.96. The first-order valence-electron chi connectivity index (χ1n) is 3.47. The zero-order valence-electron chi connectivity index (χ0n) is 6.80. The van der Waals surface area contributed by atoms with Gasteiger partial charge in [-0.05, 0) is 28.7 Å². The van der Waals surface area contributed by atoms with Gasteiger partial charge in [0.2, 0.25) is 0 Å². The second kappa shape index (κ2) is 4.03. The van der Waals surface area contributed by atoms with Crippen LogP contribution < -0.4 is 11.5 Å². The van der Waals surface area contributed by atoms with Crippen molar-refractivity contribution < 1.29 is 13.6 Å². The number of nitrogens with two attached hydrogens (primary N) is 2. The van der Waals surface area contributed by atoms with Crippen molar-refractivity contribution in [2.45, 2.75) is 6.43 Å². The highest BCUT2D eigenvalue weighted by molar-refractivity contribution is 14.1. The third kappa shape index (κ3) is 2.08. The quantitative estimate of drug-likeness (QED) is 0.808. The highest BCUT2D eigenvalue weighted by Crippen LogP contribution is 2.24. The Morgan fingerprint density at radius 3 is 2.57 bits per heavy atom. The highest BCUT2D eigenvalue weighted by atomic mass is 127. The fourth-order valence-corrected chi connectivity index (χ4v) is 1.31. The van der Waals surface area contributed by atoms with Crippen LogP contribution in [0.2, 0.25) is 0 Å². The van der Waals surface area contributed by atoms with Gasteiger partial charge in [0.15, 0.2) is 0 Å². The number of carbonyl (C=O) groups excluding carboxylic acids is 1. The monoisotopic (exact) mass is 313 g/mol. The van der Waals surface area contributed by atoms with Crippen LogP contribution in [0.5, 0.6) is 0 Å². The molecule has 0 aliphatic rings. The van der Waals surface area contributed by atoms with Gasteiger partial charge in [-0.25, -0.2) is 13.8 Å².